The van der Waals surface area contributed by atoms with E-state index in [0.29, 0.717) is 0 Å². The number of esters is 2. The molecule has 8 heteroatoms. The average molecular weight is 393 g/mol. The number of hydrogen-bond acceptors (Lipinski definition) is 7. The summed E-state index contributed by atoms with van der Waals surface area (Å²) >= 11 is 0. The highest BCUT2D eigenvalue weighted by Gasteiger charge is 2.38. The van der Waals surface area contributed by atoms with Gasteiger partial charge in [-0.3, -0.25) is 4.79 Å². The molecular formula is C20H27NO7. The van der Waals surface area contributed by atoms with Gasteiger partial charge in [0.05, 0.1) is 5.92 Å². The molecule has 1 heterocycles. The monoisotopic (exact) mass is 393 g/mol. The summed E-state index contributed by atoms with van der Waals surface area (Å²) in [5, 5.41) is 12.9. The molecule has 1 amide bonds. The Morgan fingerprint density at radius 3 is 2.46 bits per heavy atom. The Morgan fingerprint density at radius 1 is 1.21 bits per heavy atom. The Bertz CT molecular complexity index is 698. The van der Waals surface area contributed by atoms with Crippen molar-refractivity contribution in [2.24, 2.45) is 5.92 Å². The fraction of sp³-hybridized carbons (Fsp3) is 0.550. The minimum absolute atomic E-state index is 0.229. The van der Waals surface area contributed by atoms with E-state index in [1.807, 2.05) is 30.3 Å². The molecule has 2 rings (SSSR count). The van der Waals surface area contributed by atoms with Crippen molar-refractivity contribution in [1.82, 2.24) is 5.32 Å². The molecule has 0 bridgehead atoms. The number of amides is 1. The summed E-state index contributed by atoms with van der Waals surface area (Å²) in [6.07, 6.45) is -2.82. The molecule has 0 saturated carbocycles. The summed E-state index contributed by atoms with van der Waals surface area (Å²) in [6.45, 7) is 6.12. The van der Waals surface area contributed by atoms with Crippen molar-refractivity contribution in [3.8, 4) is 0 Å². The van der Waals surface area contributed by atoms with Crippen LogP contribution >= 0.6 is 0 Å². The van der Waals surface area contributed by atoms with Gasteiger partial charge >= 0.3 is 18.0 Å². The van der Waals surface area contributed by atoms with Gasteiger partial charge in [-0.1, -0.05) is 30.3 Å². The van der Waals surface area contributed by atoms with Crippen LogP contribution in [0.2, 0.25) is 0 Å². The second-order valence-electron chi connectivity index (χ2n) is 7.76. The topological polar surface area (TPSA) is 111 Å². The van der Waals surface area contributed by atoms with Crippen LogP contribution in [0.15, 0.2) is 30.3 Å². The van der Waals surface area contributed by atoms with Crippen LogP contribution in [-0.2, 0) is 30.2 Å². The van der Waals surface area contributed by atoms with E-state index in [2.05, 4.69) is 5.32 Å². The lowest BCUT2D eigenvalue weighted by molar-refractivity contribution is -0.159. The quantitative estimate of drug-likeness (QED) is 0.592. The molecule has 28 heavy (non-hydrogen) atoms. The molecule has 1 aliphatic rings. The number of rotatable bonds is 3. The van der Waals surface area contributed by atoms with Crippen LogP contribution in [0, 0.1) is 5.92 Å². The molecule has 0 radical (unpaired) electrons. The fourth-order valence-electron chi connectivity index (χ4n) is 2.76. The first-order valence-electron chi connectivity index (χ1n) is 9.15. The van der Waals surface area contributed by atoms with Gasteiger partial charge in [0.15, 0.2) is 6.04 Å². The van der Waals surface area contributed by atoms with Gasteiger partial charge in [-0.2, -0.15) is 0 Å². The lowest BCUT2D eigenvalue weighted by Crippen LogP contribution is -2.47. The third-order valence-corrected chi connectivity index (χ3v) is 4.16. The minimum atomic E-state index is -1.25. The molecule has 8 nitrogen and oxygen atoms in total. The zero-order chi connectivity index (χ0) is 20.9. The molecule has 1 aliphatic heterocycles. The van der Waals surface area contributed by atoms with Gasteiger partial charge in [-0.05, 0) is 39.7 Å². The Balaban J connectivity index is 2.13. The van der Waals surface area contributed by atoms with Crippen molar-refractivity contribution < 1.29 is 33.7 Å². The van der Waals surface area contributed by atoms with Gasteiger partial charge in [0.2, 0.25) is 0 Å². The third-order valence-electron chi connectivity index (χ3n) is 4.16. The van der Waals surface area contributed by atoms with E-state index in [1.54, 1.807) is 20.8 Å². The SMILES string of the molecule is C[C@@H]1OC(=O)[C@@H](NC(=O)OC(C)(C)C)COC(=O)[C@H](Cc2ccccc2)[C@H]1O. The number of carbonyl (C=O) groups is 3. The van der Waals surface area contributed by atoms with Gasteiger partial charge in [-0.15, -0.1) is 0 Å². The molecule has 4 atom stereocenters. The van der Waals surface area contributed by atoms with Crippen LogP contribution in [0.5, 0.6) is 0 Å². The summed E-state index contributed by atoms with van der Waals surface area (Å²) in [6, 6.07) is 7.92. The third kappa shape index (κ3) is 6.23. The van der Waals surface area contributed by atoms with Crippen molar-refractivity contribution in [1.29, 1.82) is 0 Å². The second kappa shape index (κ2) is 9.05. The number of ether oxygens (including phenoxy) is 3. The highest BCUT2D eigenvalue weighted by Crippen LogP contribution is 2.21. The second-order valence-corrected chi connectivity index (χ2v) is 7.76. The number of cyclic esters (lactones) is 2. The summed E-state index contributed by atoms with van der Waals surface area (Å²) in [5.41, 5.74) is 0.0812. The Kier molecular flexibility index (Phi) is 7.01. The maximum absolute atomic E-state index is 12.6. The predicted octanol–water partition coefficient (Wildman–Crippen LogP) is 1.59. The fourth-order valence-corrected chi connectivity index (χ4v) is 2.76. The van der Waals surface area contributed by atoms with Crippen LogP contribution in [0.4, 0.5) is 4.79 Å². The molecule has 0 aliphatic carbocycles. The number of aliphatic hydroxyl groups is 1. The van der Waals surface area contributed by atoms with Crippen LogP contribution in [0.1, 0.15) is 33.3 Å². The van der Waals surface area contributed by atoms with Gasteiger partial charge in [0.25, 0.3) is 0 Å². The van der Waals surface area contributed by atoms with E-state index in [-0.39, 0.29) is 6.42 Å². The number of aliphatic hydroxyl groups excluding tert-OH is 1. The van der Waals surface area contributed by atoms with E-state index >= 15 is 0 Å². The number of alkyl carbamates (subject to hydrolysis) is 1. The number of hydrogen-bond donors (Lipinski definition) is 2. The summed E-state index contributed by atoms with van der Waals surface area (Å²) in [7, 11) is 0. The molecule has 0 aromatic heterocycles. The van der Waals surface area contributed by atoms with Crippen molar-refractivity contribution in [2.75, 3.05) is 6.61 Å². The van der Waals surface area contributed by atoms with E-state index in [4.69, 9.17) is 14.2 Å². The minimum Gasteiger partial charge on any atom is -0.463 e. The smallest absolute Gasteiger partial charge is 0.408 e. The van der Waals surface area contributed by atoms with E-state index in [0.717, 1.165) is 5.56 Å². The van der Waals surface area contributed by atoms with Crippen LogP contribution in [0.3, 0.4) is 0 Å². The van der Waals surface area contributed by atoms with Gasteiger partial charge in [0.1, 0.15) is 24.4 Å². The Labute approximate surface area is 164 Å². The normalized spacial score (nSPS) is 26.2. The zero-order valence-electron chi connectivity index (χ0n) is 16.5. The van der Waals surface area contributed by atoms with Crippen molar-refractivity contribution >= 4 is 18.0 Å². The largest absolute Gasteiger partial charge is 0.463 e. The van der Waals surface area contributed by atoms with E-state index in [9.17, 15) is 19.5 Å². The molecule has 1 fully saturated rings. The highest BCUT2D eigenvalue weighted by atomic mass is 16.6. The summed E-state index contributed by atoms with van der Waals surface area (Å²) in [4.78, 5) is 36.9. The van der Waals surface area contributed by atoms with Crippen LogP contribution in [0.25, 0.3) is 0 Å². The average Bonchev–Trinajstić information content (AvgIpc) is 2.63. The Hall–Kier alpha value is -2.61. The maximum Gasteiger partial charge on any atom is 0.408 e. The summed E-state index contributed by atoms with van der Waals surface area (Å²) in [5.74, 6) is -2.39. The molecule has 0 spiro atoms. The standard InChI is InChI=1S/C20H27NO7/c1-12-16(22)14(10-13-8-6-5-7-9-13)17(23)26-11-15(18(24)27-12)21-19(25)28-20(2,3)4/h5-9,12,14-16,22H,10-11H2,1-4H3,(H,21,25)/t12-,14+,15-,16-/m0/s1. The molecule has 154 valence electrons. The number of benzene rings is 1. The van der Waals surface area contributed by atoms with E-state index in [1.165, 1.54) is 6.92 Å². The Morgan fingerprint density at radius 2 is 1.86 bits per heavy atom. The summed E-state index contributed by atoms with van der Waals surface area (Å²) < 4.78 is 15.6. The lowest BCUT2D eigenvalue weighted by atomic mass is 9.91. The molecule has 1 aromatic rings. The molecule has 2 N–H and O–H groups in total. The first kappa shape index (κ1) is 21.7. The first-order chi connectivity index (χ1) is 13.1. The van der Waals surface area contributed by atoms with Gasteiger partial charge in [-0.25, -0.2) is 9.59 Å². The maximum atomic E-state index is 12.6. The van der Waals surface area contributed by atoms with Crippen molar-refractivity contribution in [2.45, 2.75) is 58.0 Å². The van der Waals surface area contributed by atoms with Crippen LogP contribution in [-0.4, -0.2) is 53.6 Å². The zero-order valence-corrected chi connectivity index (χ0v) is 16.5. The lowest BCUT2D eigenvalue weighted by Gasteiger charge is -2.25. The predicted molar refractivity (Wildman–Crippen MR) is 99.3 cm³/mol. The number of carbonyl (C=O) groups excluding carboxylic acids is 3. The first-order valence-corrected chi connectivity index (χ1v) is 9.15. The van der Waals surface area contributed by atoms with E-state index < -0.39 is 54.4 Å². The van der Waals surface area contributed by atoms with Gasteiger partial charge in [0, 0.05) is 0 Å². The molecule has 1 aromatic carbocycles. The molecule has 1 saturated heterocycles. The van der Waals surface area contributed by atoms with Crippen molar-refractivity contribution in [3.63, 3.8) is 0 Å². The number of nitrogens with one attached hydrogen (secondary N) is 1. The molecule has 0 unspecified atom stereocenters. The molecular weight excluding hydrogens is 366 g/mol. The van der Waals surface area contributed by atoms with Crippen molar-refractivity contribution in [3.05, 3.63) is 35.9 Å². The van der Waals surface area contributed by atoms with Crippen LogP contribution < -0.4 is 5.32 Å². The van der Waals surface area contributed by atoms with Gasteiger partial charge < -0.3 is 24.6 Å². The highest BCUT2D eigenvalue weighted by molar-refractivity contribution is 5.83.